The molecule has 2 fully saturated rings. The van der Waals surface area contributed by atoms with Gasteiger partial charge in [-0.1, -0.05) is 30.3 Å². The van der Waals surface area contributed by atoms with Gasteiger partial charge in [-0.15, -0.1) is 0 Å². The van der Waals surface area contributed by atoms with Gasteiger partial charge in [0, 0.05) is 13.1 Å². The van der Waals surface area contributed by atoms with E-state index in [2.05, 4.69) is 5.32 Å². The molecule has 2 aliphatic rings. The van der Waals surface area contributed by atoms with Crippen molar-refractivity contribution in [2.24, 2.45) is 11.8 Å². The smallest absolute Gasteiger partial charge is 0.410 e. The number of carbonyl (C=O) groups is 3. The monoisotopic (exact) mass is 402 g/mol. The molecule has 2 amide bonds. The average molecular weight is 402 g/mol. The van der Waals surface area contributed by atoms with Crippen molar-refractivity contribution in [2.75, 3.05) is 13.1 Å². The first-order chi connectivity index (χ1) is 13.7. The van der Waals surface area contributed by atoms with E-state index in [1.165, 1.54) is 0 Å². The molecule has 2 atom stereocenters. The number of benzene rings is 1. The van der Waals surface area contributed by atoms with E-state index in [4.69, 9.17) is 9.47 Å². The normalized spacial score (nSPS) is 22.4. The van der Waals surface area contributed by atoms with Crippen molar-refractivity contribution in [1.29, 1.82) is 0 Å². The van der Waals surface area contributed by atoms with Gasteiger partial charge >= 0.3 is 12.1 Å². The molecule has 29 heavy (non-hydrogen) atoms. The molecule has 3 rings (SSSR count). The minimum atomic E-state index is -0.574. The summed E-state index contributed by atoms with van der Waals surface area (Å²) in [5.41, 5.74) is 0.406. The van der Waals surface area contributed by atoms with E-state index in [1.807, 2.05) is 51.1 Å². The SMILES string of the molecule is CC(C)(C)OC(=O)N1CCC(C[C@H]2C(=O)N[C@@H]2C(=O)OCc2ccccc2)CC1. The molecule has 0 unspecified atom stereocenters. The number of nitrogens with zero attached hydrogens (tertiary/aromatic N) is 1. The highest BCUT2D eigenvalue weighted by molar-refractivity contribution is 5.97. The first-order valence-corrected chi connectivity index (χ1v) is 10.2. The fourth-order valence-corrected chi connectivity index (χ4v) is 3.74. The van der Waals surface area contributed by atoms with E-state index in [1.54, 1.807) is 4.90 Å². The van der Waals surface area contributed by atoms with Crippen LogP contribution in [0.1, 0.15) is 45.6 Å². The van der Waals surface area contributed by atoms with Crippen LogP contribution in [0.25, 0.3) is 0 Å². The summed E-state index contributed by atoms with van der Waals surface area (Å²) in [6, 6.07) is 8.89. The molecule has 7 heteroatoms. The number of carbonyl (C=O) groups excluding carboxylic acids is 3. The lowest BCUT2D eigenvalue weighted by Gasteiger charge is -2.39. The molecule has 0 radical (unpaired) electrons. The number of likely N-dealkylation sites (tertiary alicyclic amines) is 1. The lowest BCUT2D eigenvalue weighted by atomic mass is 9.79. The molecule has 1 aromatic rings. The number of hydrogen-bond acceptors (Lipinski definition) is 5. The minimum Gasteiger partial charge on any atom is -0.459 e. The van der Waals surface area contributed by atoms with Crippen LogP contribution in [0.4, 0.5) is 4.79 Å². The molecule has 0 aromatic heterocycles. The lowest BCUT2D eigenvalue weighted by molar-refractivity contribution is -0.159. The van der Waals surface area contributed by atoms with E-state index in [-0.39, 0.29) is 30.5 Å². The Labute approximate surface area is 171 Å². The second-order valence-electron chi connectivity index (χ2n) is 8.83. The number of β-lactam (4-membered cyclic amide) rings is 1. The van der Waals surface area contributed by atoms with Crippen molar-refractivity contribution >= 4 is 18.0 Å². The number of piperidine rings is 1. The number of esters is 1. The number of rotatable bonds is 5. The number of ether oxygens (including phenoxy) is 2. The molecule has 0 aliphatic carbocycles. The topological polar surface area (TPSA) is 84.9 Å². The van der Waals surface area contributed by atoms with E-state index in [0.29, 0.717) is 25.4 Å². The van der Waals surface area contributed by atoms with Gasteiger partial charge in [-0.25, -0.2) is 9.59 Å². The summed E-state index contributed by atoms with van der Waals surface area (Å²) in [5.74, 6) is -0.531. The Hall–Kier alpha value is -2.57. The van der Waals surface area contributed by atoms with Crippen LogP contribution >= 0.6 is 0 Å². The highest BCUT2D eigenvalue weighted by Crippen LogP contribution is 2.31. The Morgan fingerprint density at radius 3 is 2.38 bits per heavy atom. The fraction of sp³-hybridized carbons (Fsp3) is 0.591. The number of nitrogens with one attached hydrogen (secondary N) is 1. The maximum Gasteiger partial charge on any atom is 0.410 e. The van der Waals surface area contributed by atoms with Crippen LogP contribution in [-0.2, 0) is 25.7 Å². The van der Waals surface area contributed by atoms with Crippen molar-refractivity contribution < 1.29 is 23.9 Å². The van der Waals surface area contributed by atoms with E-state index >= 15 is 0 Å². The Morgan fingerprint density at radius 1 is 1.14 bits per heavy atom. The van der Waals surface area contributed by atoms with Gasteiger partial charge in [0.2, 0.25) is 5.91 Å². The predicted octanol–water partition coefficient (Wildman–Crippen LogP) is 2.88. The average Bonchev–Trinajstić information content (AvgIpc) is 2.68. The molecule has 0 bridgehead atoms. The Morgan fingerprint density at radius 2 is 1.79 bits per heavy atom. The van der Waals surface area contributed by atoms with Crippen LogP contribution in [0.2, 0.25) is 0 Å². The summed E-state index contributed by atoms with van der Waals surface area (Å²) in [5, 5.41) is 2.67. The molecule has 2 saturated heterocycles. The van der Waals surface area contributed by atoms with Gasteiger partial charge in [-0.3, -0.25) is 4.79 Å². The van der Waals surface area contributed by atoms with E-state index in [9.17, 15) is 14.4 Å². The van der Waals surface area contributed by atoms with Crippen molar-refractivity contribution in [1.82, 2.24) is 10.2 Å². The molecule has 2 aliphatic heterocycles. The summed E-state index contributed by atoms with van der Waals surface area (Å²) in [6.45, 7) is 6.97. The third-order valence-electron chi connectivity index (χ3n) is 5.37. The molecule has 7 nitrogen and oxygen atoms in total. The molecule has 1 N–H and O–H groups in total. The maximum absolute atomic E-state index is 12.4. The Bertz CT molecular complexity index is 735. The highest BCUT2D eigenvalue weighted by Gasteiger charge is 2.46. The predicted molar refractivity (Wildman–Crippen MR) is 107 cm³/mol. The van der Waals surface area contributed by atoms with Crippen molar-refractivity contribution in [3.05, 3.63) is 35.9 Å². The second-order valence-corrected chi connectivity index (χ2v) is 8.83. The van der Waals surface area contributed by atoms with E-state index < -0.39 is 11.6 Å². The lowest BCUT2D eigenvalue weighted by Crippen LogP contribution is -2.62. The molecule has 0 saturated carbocycles. The third kappa shape index (κ3) is 5.71. The number of amides is 2. The standard InChI is InChI=1S/C22H30N2O5/c1-22(2,3)29-21(27)24-11-9-15(10-12-24)13-17-18(23-19(17)25)20(26)28-14-16-7-5-4-6-8-16/h4-8,15,17-18H,9-14H2,1-3H3,(H,23,25)/t17-,18+/m1/s1. The summed E-state index contributed by atoms with van der Waals surface area (Å²) in [6.07, 6.45) is 1.95. The molecule has 158 valence electrons. The summed E-state index contributed by atoms with van der Waals surface area (Å²) in [7, 11) is 0. The van der Waals surface area contributed by atoms with Crippen LogP contribution in [0.5, 0.6) is 0 Å². The quantitative estimate of drug-likeness (QED) is 0.605. The van der Waals surface area contributed by atoms with Crippen LogP contribution in [0, 0.1) is 11.8 Å². The van der Waals surface area contributed by atoms with Crippen LogP contribution in [0.15, 0.2) is 30.3 Å². The highest BCUT2D eigenvalue weighted by atomic mass is 16.6. The zero-order valence-electron chi connectivity index (χ0n) is 17.3. The van der Waals surface area contributed by atoms with Gasteiger partial charge in [-0.2, -0.15) is 0 Å². The van der Waals surface area contributed by atoms with Crippen molar-refractivity contribution in [3.8, 4) is 0 Å². The largest absolute Gasteiger partial charge is 0.459 e. The fourth-order valence-electron chi connectivity index (χ4n) is 3.74. The van der Waals surface area contributed by atoms with Gasteiger partial charge in [-0.05, 0) is 51.5 Å². The van der Waals surface area contributed by atoms with Crippen LogP contribution in [-0.4, -0.2) is 47.6 Å². The van der Waals surface area contributed by atoms with Crippen molar-refractivity contribution in [2.45, 2.75) is 58.3 Å². The van der Waals surface area contributed by atoms with Crippen molar-refractivity contribution in [3.63, 3.8) is 0 Å². The third-order valence-corrected chi connectivity index (χ3v) is 5.37. The summed E-state index contributed by atoms with van der Waals surface area (Å²) >= 11 is 0. The van der Waals surface area contributed by atoms with Gasteiger partial charge in [0.1, 0.15) is 18.2 Å². The summed E-state index contributed by atoms with van der Waals surface area (Å²) < 4.78 is 10.8. The molecule has 0 spiro atoms. The molecule has 2 heterocycles. The maximum atomic E-state index is 12.4. The Balaban J connectivity index is 1.44. The molecule has 1 aromatic carbocycles. The van der Waals surface area contributed by atoms with Gasteiger partial charge in [0.05, 0.1) is 5.92 Å². The number of hydrogen-bond donors (Lipinski definition) is 1. The molecular weight excluding hydrogens is 372 g/mol. The zero-order valence-corrected chi connectivity index (χ0v) is 17.3. The minimum absolute atomic E-state index is 0.0961. The second kappa shape index (κ2) is 8.84. The molecular formula is C22H30N2O5. The first-order valence-electron chi connectivity index (χ1n) is 10.2. The van der Waals surface area contributed by atoms with Crippen LogP contribution in [0.3, 0.4) is 0 Å². The van der Waals surface area contributed by atoms with Gasteiger partial charge in [0.25, 0.3) is 0 Å². The van der Waals surface area contributed by atoms with Gasteiger partial charge in [0.15, 0.2) is 0 Å². The Kier molecular flexibility index (Phi) is 6.45. The first kappa shape index (κ1) is 21.1. The van der Waals surface area contributed by atoms with Gasteiger partial charge < -0.3 is 19.7 Å². The zero-order chi connectivity index (χ0) is 21.0. The van der Waals surface area contributed by atoms with E-state index in [0.717, 1.165) is 18.4 Å². The van der Waals surface area contributed by atoms with Crippen LogP contribution < -0.4 is 5.32 Å². The summed E-state index contributed by atoms with van der Waals surface area (Å²) in [4.78, 5) is 38.3.